The highest BCUT2D eigenvalue weighted by atomic mass is 35.5. The molecule has 1 aliphatic heterocycles. The summed E-state index contributed by atoms with van der Waals surface area (Å²) in [6.45, 7) is 2.45. The standard InChI is InChI=1S/C30H30Cl4N2O/c31-24-14-20(15-25(32)17-24)19-35-29(37)30(23-6-7-27(33)28(34)16-23)11-8-26(18-30)36-12-9-22(10-13-36)21-4-2-1-3-5-21/h1-7,14-17,22,26H,8-13,18-19H2,(H,35,37). The van der Waals surface area contributed by atoms with Crippen LogP contribution in [0.4, 0.5) is 0 Å². The maximum Gasteiger partial charge on any atom is 0.230 e. The van der Waals surface area contributed by atoms with Gasteiger partial charge >= 0.3 is 0 Å². The lowest BCUT2D eigenvalue weighted by molar-refractivity contribution is -0.127. The van der Waals surface area contributed by atoms with Gasteiger partial charge in [0.1, 0.15) is 0 Å². The molecule has 1 saturated heterocycles. The average Bonchev–Trinajstić information content (AvgIpc) is 3.36. The molecule has 3 aromatic carbocycles. The van der Waals surface area contributed by atoms with Crippen molar-refractivity contribution in [1.82, 2.24) is 10.2 Å². The first-order valence-corrected chi connectivity index (χ1v) is 14.3. The van der Waals surface area contributed by atoms with E-state index in [9.17, 15) is 4.79 Å². The van der Waals surface area contributed by atoms with Gasteiger partial charge in [-0.25, -0.2) is 0 Å². The van der Waals surface area contributed by atoms with E-state index < -0.39 is 5.41 Å². The molecule has 7 heteroatoms. The highest BCUT2D eigenvalue weighted by Crippen LogP contribution is 2.46. The van der Waals surface area contributed by atoms with Crippen LogP contribution in [0, 0.1) is 0 Å². The molecule has 0 radical (unpaired) electrons. The molecule has 0 bridgehead atoms. The van der Waals surface area contributed by atoms with Gasteiger partial charge in [-0.15, -0.1) is 0 Å². The summed E-state index contributed by atoms with van der Waals surface area (Å²) in [5, 5.41) is 5.24. The number of amides is 1. The minimum absolute atomic E-state index is 0.00339. The lowest BCUT2D eigenvalue weighted by atomic mass is 9.77. The molecule has 1 N–H and O–H groups in total. The Morgan fingerprint density at radius 3 is 2.24 bits per heavy atom. The minimum Gasteiger partial charge on any atom is -0.351 e. The van der Waals surface area contributed by atoms with Crippen LogP contribution in [0.2, 0.25) is 20.1 Å². The number of benzene rings is 3. The van der Waals surface area contributed by atoms with Gasteiger partial charge in [-0.3, -0.25) is 4.79 Å². The monoisotopic (exact) mass is 574 g/mol. The molecule has 1 aliphatic carbocycles. The fourth-order valence-corrected chi connectivity index (χ4v) is 6.98. The smallest absolute Gasteiger partial charge is 0.230 e. The summed E-state index contributed by atoms with van der Waals surface area (Å²) in [6, 6.07) is 22.1. The SMILES string of the molecule is O=C(NCc1cc(Cl)cc(Cl)c1)C1(c2ccc(Cl)c(Cl)c2)CCC(N2CCC(c3ccccc3)CC2)C1. The highest BCUT2D eigenvalue weighted by Gasteiger charge is 2.48. The third-order valence-corrected chi connectivity index (χ3v) is 9.26. The number of hydrogen-bond acceptors (Lipinski definition) is 2. The van der Waals surface area contributed by atoms with Gasteiger partial charge < -0.3 is 10.2 Å². The van der Waals surface area contributed by atoms with Crippen LogP contribution in [-0.4, -0.2) is 29.9 Å². The number of likely N-dealkylation sites (tertiary alicyclic amines) is 1. The predicted octanol–water partition coefficient (Wildman–Crippen LogP) is 8.29. The fraction of sp³-hybridized carbons (Fsp3) is 0.367. The number of carbonyl (C=O) groups is 1. The van der Waals surface area contributed by atoms with Crippen molar-refractivity contribution < 1.29 is 4.79 Å². The Morgan fingerprint density at radius 2 is 1.57 bits per heavy atom. The topological polar surface area (TPSA) is 32.3 Å². The summed E-state index contributed by atoms with van der Waals surface area (Å²) in [6.07, 6.45) is 4.76. The number of rotatable bonds is 6. The zero-order chi connectivity index (χ0) is 26.0. The number of carbonyl (C=O) groups excluding carboxylic acids is 1. The average molecular weight is 576 g/mol. The first-order chi connectivity index (χ1) is 17.8. The van der Waals surface area contributed by atoms with E-state index in [1.54, 1.807) is 12.1 Å². The summed E-state index contributed by atoms with van der Waals surface area (Å²) < 4.78 is 0. The molecule has 1 amide bonds. The van der Waals surface area contributed by atoms with Crippen molar-refractivity contribution in [1.29, 1.82) is 0 Å². The Balaban J connectivity index is 1.33. The number of nitrogens with zero attached hydrogens (tertiary/aromatic N) is 1. The van der Waals surface area contributed by atoms with Crippen LogP contribution in [-0.2, 0) is 16.8 Å². The van der Waals surface area contributed by atoms with Crippen LogP contribution in [0.1, 0.15) is 54.7 Å². The van der Waals surface area contributed by atoms with E-state index >= 15 is 0 Å². The second-order valence-electron chi connectivity index (χ2n) is 10.3. The van der Waals surface area contributed by atoms with Crippen molar-refractivity contribution in [3.63, 3.8) is 0 Å². The molecule has 2 atom stereocenters. The Labute approximate surface area is 239 Å². The molecule has 194 valence electrons. The number of hydrogen-bond donors (Lipinski definition) is 1. The van der Waals surface area contributed by atoms with Gasteiger partial charge in [-0.1, -0.05) is 82.8 Å². The van der Waals surface area contributed by atoms with Crippen molar-refractivity contribution in [3.8, 4) is 0 Å². The van der Waals surface area contributed by atoms with Gasteiger partial charge in [0.25, 0.3) is 0 Å². The van der Waals surface area contributed by atoms with E-state index in [-0.39, 0.29) is 5.91 Å². The summed E-state index contributed by atoms with van der Waals surface area (Å²) in [5.41, 5.74) is 2.55. The molecule has 3 nitrogen and oxygen atoms in total. The van der Waals surface area contributed by atoms with Crippen LogP contribution in [0.15, 0.2) is 66.7 Å². The van der Waals surface area contributed by atoms with E-state index in [0.717, 1.165) is 56.3 Å². The molecule has 1 heterocycles. The Bertz CT molecular complexity index is 1240. The van der Waals surface area contributed by atoms with E-state index in [2.05, 4.69) is 40.5 Å². The summed E-state index contributed by atoms with van der Waals surface area (Å²) in [4.78, 5) is 16.5. The minimum atomic E-state index is -0.669. The molecule has 3 aromatic rings. The summed E-state index contributed by atoms with van der Waals surface area (Å²) >= 11 is 25.0. The van der Waals surface area contributed by atoms with Gasteiger partial charge in [0.05, 0.1) is 15.5 Å². The van der Waals surface area contributed by atoms with Gasteiger partial charge in [-0.2, -0.15) is 0 Å². The predicted molar refractivity (Wildman–Crippen MR) is 154 cm³/mol. The van der Waals surface area contributed by atoms with Gasteiger partial charge in [0, 0.05) is 22.6 Å². The third kappa shape index (κ3) is 5.97. The molecule has 37 heavy (non-hydrogen) atoms. The van der Waals surface area contributed by atoms with Crippen LogP contribution in [0.5, 0.6) is 0 Å². The molecule has 0 aromatic heterocycles. The summed E-state index contributed by atoms with van der Waals surface area (Å²) in [5.74, 6) is 0.607. The first-order valence-electron chi connectivity index (χ1n) is 12.8. The molecule has 1 saturated carbocycles. The maximum atomic E-state index is 13.9. The Hall–Kier alpha value is -1.75. The number of nitrogens with one attached hydrogen (secondary N) is 1. The zero-order valence-electron chi connectivity index (χ0n) is 20.5. The first kappa shape index (κ1) is 26.8. The fourth-order valence-electron chi connectivity index (χ4n) is 6.11. The Kier molecular flexibility index (Phi) is 8.38. The van der Waals surface area contributed by atoms with Gasteiger partial charge in [-0.05, 0) is 98.1 Å². The van der Waals surface area contributed by atoms with E-state index in [1.807, 2.05) is 24.3 Å². The molecule has 5 rings (SSSR count). The largest absolute Gasteiger partial charge is 0.351 e. The lowest BCUT2D eigenvalue weighted by Gasteiger charge is -2.37. The highest BCUT2D eigenvalue weighted by molar-refractivity contribution is 6.42. The van der Waals surface area contributed by atoms with Crippen LogP contribution in [0.25, 0.3) is 0 Å². The molecular formula is C30H30Cl4N2O. The van der Waals surface area contributed by atoms with Crippen molar-refractivity contribution in [2.45, 2.75) is 56.0 Å². The molecular weight excluding hydrogens is 546 g/mol. The maximum absolute atomic E-state index is 13.9. The lowest BCUT2D eigenvalue weighted by Crippen LogP contribution is -2.45. The van der Waals surface area contributed by atoms with E-state index in [0.29, 0.717) is 38.6 Å². The van der Waals surface area contributed by atoms with Crippen LogP contribution < -0.4 is 5.32 Å². The van der Waals surface area contributed by atoms with Crippen molar-refractivity contribution in [3.05, 3.63) is 104 Å². The van der Waals surface area contributed by atoms with Crippen molar-refractivity contribution >= 4 is 52.3 Å². The van der Waals surface area contributed by atoms with Crippen LogP contribution in [0.3, 0.4) is 0 Å². The number of piperidine rings is 1. The Morgan fingerprint density at radius 1 is 0.865 bits per heavy atom. The second-order valence-corrected chi connectivity index (χ2v) is 12.0. The summed E-state index contributed by atoms with van der Waals surface area (Å²) in [7, 11) is 0. The quantitative estimate of drug-likeness (QED) is 0.320. The normalized spacial score (nSPS) is 22.8. The molecule has 2 unspecified atom stereocenters. The third-order valence-electron chi connectivity index (χ3n) is 8.09. The van der Waals surface area contributed by atoms with Gasteiger partial charge in [0.15, 0.2) is 0 Å². The van der Waals surface area contributed by atoms with E-state index in [4.69, 9.17) is 46.4 Å². The van der Waals surface area contributed by atoms with Crippen molar-refractivity contribution in [2.24, 2.45) is 0 Å². The zero-order valence-corrected chi connectivity index (χ0v) is 23.6. The van der Waals surface area contributed by atoms with Crippen molar-refractivity contribution in [2.75, 3.05) is 13.1 Å². The van der Waals surface area contributed by atoms with E-state index in [1.165, 1.54) is 5.56 Å². The van der Waals surface area contributed by atoms with Gasteiger partial charge in [0.2, 0.25) is 5.91 Å². The second kappa shape index (κ2) is 11.6. The number of halogens is 4. The molecule has 2 fully saturated rings. The molecule has 0 spiro atoms. The van der Waals surface area contributed by atoms with Crippen LogP contribution >= 0.6 is 46.4 Å². The molecule has 2 aliphatic rings.